The highest BCUT2D eigenvalue weighted by molar-refractivity contribution is 5.95. The number of ether oxygens (including phenoxy) is 2. The van der Waals surface area contributed by atoms with E-state index >= 15 is 0 Å². The summed E-state index contributed by atoms with van der Waals surface area (Å²) in [7, 11) is 0. The van der Waals surface area contributed by atoms with Crippen molar-refractivity contribution in [3.05, 3.63) is 89.5 Å². The van der Waals surface area contributed by atoms with Crippen LogP contribution in [0.1, 0.15) is 29.5 Å². The molecule has 0 fully saturated rings. The van der Waals surface area contributed by atoms with Crippen LogP contribution in [0, 0.1) is 10.8 Å². The summed E-state index contributed by atoms with van der Waals surface area (Å²) in [5.41, 5.74) is 14.7. The van der Waals surface area contributed by atoms with Gasteiger partial charge in [0.05, 0.1) is 13.2 Å². The van der Waals surface area contributed by atoms with Gasteiger partial charge in [-0.3, -0.25) is 10.8 Å². The van der Waals surface area contributed by atoms with Gasteiger partial charge in [-0.25, -0.2) is 0 Å². The minimum atomic E-state index is 0.0578. The van der Waals surface area contributed by atoms with E-state index in [-0.39, 0.29) is 11.7 Å². The summed E-state index contributed by atoms with van der Waals surface area (Å²) < 4.78 is 11.5. The molecule has 0 aliphatic heterocycles. The van der Waals surface area contributed by atoms with Gasteiger partial charge in [-0.2, -0.15) is 0 Å². The van der Waals surface area contributed by atoms with E-state index < -0.39 is 0 Å². The zero-order chi connectivity index (χ0) is 23.5. The summed E-state index contributed by atoms with van der Waals surface area (Å²) in [6, 6.07) is 23.0. The Kier molecular flexibility index (Phi) is 8.71. The second-order valence-corrected chi connectivity index (χ2v) is 7.65. The van der Waals surface area contributed by atoms with Gasteiger partial charge in [0.15, 0.2) is 0 Å². The number of amidine groups is 2. The van der Waals surface area contributed by atoms with Crippen molar-refractivity contribution in [1.82, 2.24) is 0 Å². The lowest BCUT2D eigenvalue weighted by Gasteiger charge is -2.10. The van der Waals surface area contributed by atoms with Gasteiger partial charge in [0.2, 0.25) is 0 Å². The maximum atomic E-state index is 7.41. The van der Waals surface area contributed by atoms with Crippen LogP contribution in [-0.2, 0) is 6.42 Å². The Morgan fingerprint density at radius 1 is 0.667 bits per heavy atom. The van der Waals surface area contributed by atoms with Gasteiger partial charge in [0, 0.05) is 23.4 Å². The van der Waals surface area contributed by atoms with Crippen molar-refractivity contribution >= 4 is 17.4 Å². The van der Waals surface area contributed by atoms with E-state index in [2.05, 4.69) is 29.6 Å². The second kappa shape index (κ2) is 12.1. The maximum absolute atomic E-state index is 7.41. The number of hydrogen-bond donors (Lipinski definition) is 5. The Labute approximate surface area is 194 Å². The molecule has 0 aliphatic rings. The average molecular weight is 446 g/mol. The van der Waals surface area contributed by atoms with Gasteiger partial charge in [-0.1, -0.05) is 12.1 Å². The summed E-state index contributed by atoms with van der Waals surface area (Å²) in [6.07, 6.45) is 2.75. The summed E-state index contributed by atoms with van der Waals surface area (Å²) >= 11 is 0. The molecule has 0 aromatic heterocycles. The Hall–Kier alpha value is -4.00. The van der Waals surface area contributed by atoms with Crippen molar-refractivity contribution in [3.8, 4) is 11.5 Å². The number of benzene rings is 3. The minimum absolute atomic E-state index is 0.0578. The summed E-state index contributed by atoms with van der Waals surface area (Å²) in [5.74, 6) is 1.69. The van der Waals surface area contributed by atoms with Gasteiger partial charge in [0.1, 0.15) is 23.2 Å². The van der Waals surface area contributed by atoms with Crippen LogP contribution >= 0.6 is 0 Å². The summed E-state index contributed by atoms with van der Waals surface area (Å²) in [5, 5.41) is 18.2. The first-order valence-electron chi connectivity index (χ1n) is 11.0. The first-order valence-corrected chi connectivity index (χ1v) is 11.0. The molecule has 0 unspecified atom stereocenters. The molecule has 0 atom stereocenters. The van der Waals surface area contributed by atoms with Gasteiger partial charge in [-0.15, -0.1) is 0 Å². The third-order valence-corrected chi connectivity index (χ3v) is 5.08. The van der Waals surface area contributed by atoms with Crippen molar-refractivity contribution in [2.24, 2.45) is 11.5 Å². The van der Waals surface area contributed by atoms with Crippen molar-refractivity contribution in [2.75, 3.05) is 25.1 Å². The molecule has 0 amide bonds. The molecule has 0 saturated heterocycles. The molecule has 0 spiro atoms. The standard InChI is InChI=1S/C26H31N5O2/c27-25(28)20-6-12-23(13-7-20)32-17-1-3-19-4-10-22(11-5-19)31-16-2-18-33-24-14-8-21(9-15-24)26(29)30/h4-15,31H,1-3,16-18H2,(H3,27,28)(H3,29,30). The number of anilines is 1. The quantitative estimate of drug-likeness (QED) is 0.153. The van der Waals surface area contributed by atoms with E-state index in [4.69, 9.17) is 31.8 Å². The van der Waals surface area contributed by atoms with E-state index in [1.54, 1.807) is 24.3 Å². The van der Waals surface area contributed by atoms with Crippen LogP contribution in [0.25, 0.3) is 0 Å². The van der Waals surface area contributed by atoms with Crippen molar-refractivity contribution in [3.63, 3.8) is 0 Å². The summed E-state index contributed by atoms with van der Waals surface area (Å²) in [4.78, 5) is 0. The topological polar surface area (TPSA) is 130 Å². The minimum Gasteiger partial charge on any atom is -0.494 e. The molecule has 3 rings (SSSR count). The van der Waals surface area contributed by atoms with Crippen LogP contribution in [-0.4, -0.2) is 31.4 Å². The van der Waals surface area contributed by atoms with Crippen LogP contribution in [0.15, 0.2) is 72.8 Å². The van der Waals surface area contributed by atoms with E-state index in [1.165, 1.54) is 5.56 Å². The molecule has 172 valence electrons. The Balaban J connectivity index is 1.29. The number of nitrogen functional groups attached to an aromatic ring is 2. The molecule has 3 aromatic rings. The molecule has 0 saturated carbocycles. The lowest BCUT2D eigenvalue weighted by molar-refractivity contribution is 0.311. The normalized spacial score (nSPS) is 10.4. The molecular formula is C26H31N5O2. The van der Waals surface area contributed by atoms with Gasteiger partial charge >= 0.3 is 0 Å². The largest absolute Gasteiger partial charge is 0.494 e. The van der Waals surface area contributed by atoms with Crippen LogP contribution < -0.4 is 26.3 Å². The predicted molar refractivity (Wildman–Crippen MR) is 134 cm³/mol. The molecule has 7 N–H and O–H groups in total. The average Bonchev–Trinajstić information content (AvgIpc) is 2.83. The Morgan fingerprint density at radius 2 is 1.15 bits per heavy atom. The highest BCUT2D eigenvalue weighted by atomic mass is 16.5. The SMILES string of the molecule is N=C(N)c1ccc(OCCCNc2ccc(CCCOc3ccc(C(=N)N)cc3)cc2)cc1. The molecule has 0 radical (unpaired) electrons. The molecular weight excluding hydrogens is 414 g/mol. The molecule has 0 aliphatic carbocycles. The lowest BCUT2D eigenvalue weighted by atomic mass is 10.1. The van der Waals surface area contributed by atoms with Crippen LogP contribution in [0.4, 0.5) is 5.69 Å². The Bertz CT molecular complexity index is 1030. The zero-order valence-electron chi connectivity index (χ0n) is 18.6. The zero-order valence-corrected chi connectivity index (χ0v) is 18.6. The van der Waals surface area contributed by atoms with Gasteiger partial charge in [0.25, 0.3) is 0 Å². The first-order chi connectivity index (χ1) is 16.0. The fourth-order valence-electron chi connectivity index (χ4n) is 3.21. The molecule has 0 heterocycles. The van der Waals surface area contributed by atoms with Crippen molar-refractivity contribution in [1.29, 1.82) is 10.8 Å². The fourth-order valence-corrected chi connectivity index (χ4v) is 3.21. The molecule has 7 nitrogen and oxygen atoms in total. The van der Waals surface area contributed by atoms with Crippen molar-refractivity contribution in [2.45, 2.75) is 19.3 Å². The van der Waals surface area contributed by atoms with Gasteiger partial charge < -0.3 is 26.3 Å². The monoisotopic (exact) mass is 445 g/mol. The van der Waals surface area contributed by atoms with Crippen LogP contribution in [0.2, 0.25) is 0 Å². The number of hydrogen-bond acceptors (Lipinski definition) is 5. The third-order valence-electron chi connectivity index (χ3n) is 5.08. The molecule has 33 heavy (non-hydrogen) atoms. The molecule has 7 heteroatoms. The fraction of sp³-hybridized carbons (Fsp3) is 0.231. The maximum Gasteiger partial charge on any atom is 0.122 e. The van der Waals surface area contributed by atoms with E-state index in [0.717, 1.165) is 43.0 Å². The smallest absolute Gasteiger partial charge is 0.122 e. The van der Waals surface area contributed by atoms with Crippen LogP contribution in [0.3, 0.4) is 0 Å². The highest BCUT2D eigenvalue weighted by Crippen LogP contribution is 2.15. The predicted octanol–water partition coefficient (Wildman–Crippen LogP) is 4.15. The summed E-state index contributed by atoms with van der Waals surface area (Å²) in [6.45, 7) is 2.07. The Morgan fingerprint density at radius 3 is 1.64 bits per heavy atom. The van der Waals surface area contributed by atoms with Gasteiger partial charge in [-0.05, 0) is 85.5 Å². The lowest BCUT2D eigenvalue weighted by Crippen LogP contribution is -2.11. The number of nitrogens with one attached hydrogen (secondary N) is 3. The first kappa shape index (κ1) is 23.7. The third kappa shape index (κ3) is 7.88. The van der Waals surface area contributed by atoms with E-state index in [0.29, 0.717) is 24.3 Å². The van der Waals surface area contributed by atoms with E-state index in [9.17, 15) is 0 Å². The van der Waals surface area contributed by atoms with Crippen LogP contribution in [0.5, 0.6) is 11.5 Å². The molecule has 0 bridgehead atoms. The molecule has 3 aromatic carbocycles. The number of nitrogens with two attached hydrogens (primary N) is 2. The second-order valence-electron chi connectivity index (χ2n) is 7.65. The van der Waals surface area contributed by atoms with E-state index in [1.807, 2.05) is 24.3 Å². The number of rotatable bonds is 13. The van der Waals surface area contributed by atoms with Crippen molar-refractivity contribution < 1.29 is 9.47 Å². The highest BCUT2D eigenvalue weighted by Gasteiger charge is 2.00. The number of aryl methyl sites for hydroxylation is 1.